The smallest absolute Gasteiger partial charge is 0.169 e. The molecule has 1 unspecified atom stereocenters. The molecule has 0 heterocycles. The monoisotopic (exact) mass is 235 g/mol. The molecular formula is C14H18FNO. The summed E-state index contributed by atoms with van der Waals surface area (Å²) in [5.74, 6) is 2.58. The highest BCUT2D eigenvalue weighted by Gasteiger charge is 2.10. The van der Waals surface area contributed by atoms with Gasteiger partial charge < -0.3 is 10.1 Å². The van der Waals surface area contributed by atoms with E-state index in [-0.39, 0.29) is 17.6 Å². The van der Waals surface area contributed by atoms with Crippen molar-refractivity contribution in [3.05, 3.63) is 29.6 Å². The van der Waals surface area contributed by atoms with Crippen LogP contribution in [0.15, 0.2) is 18.2 Å². The molecule has 1 N–H and O–H groups in total. The Morgan fingerprint density at radius 1 is 1.53 bits per heavy atom. The lowest BCUT2D eigenvalue weighted by Crippen LogP contribution is -2.27. The second kappa shape index (κ2) is 6.93. The van der Waals surface area contributed by atoms with Crippen LogP contribution in [0.5, 0.6) is 5.75 Å². The zero-order valence-corrected chi connectivity index (χ0v) is 10.3. The zero-order valence-electron chi connectivity index (χ0n) is 10.3. The minimum Gasteiger partial charge on any atom is -0.494 e. The van der Waals surface area contributed by atoms with Crippen LogP contribution in [0.25, 0.3) is 0 Å². The number of methoxy groups -OCH3 is 1. The Balaban J connectivity index is 2.66. The number of benzene rings is 1. The maximum Gasteiger partial charge on any atom is 0.169 e. The first-order chi connectivity index (χ1) is 8.22. The van der Waals surface area contributed by atoms with E-state index in [1.807, 2.05) is 0 Å². The van der Waals surface area contributed by atoms with Gasteiger partial charge in [0, 0.05) is 24.6 Å². The van der Waals surface area contributed by atoms with Crippen LogP contribution in [-0.4, -0.2) is 13.2 Å². The molecule has 0 aliphatic heterocycles. The molecule has 0 aliphatic rings. The van der Waals surface area contributed by atoms with E-state index in [0.717, 1.165) is 6.42 Å². The van der Waals surface area contributed by atoms with Crippen LogP contribution in [-0.2, 0) is 6.54 Å². The van der Waals surface area contributed by atoms with Gasteiger partial charge in [0.25, 0.3) is 0 Å². The molecule has 0 saturated heterocycles. The third-order valence-corrected chi connectivity index (χ3v) is 2.70. The van der Waals surface area contributed by atoms with E-state index in [1.54, 1.807) is 18.2 Å². The van der Waals surface area contributed by atoms with Crippen LogP contribution in [0, 0.1) is 18.2 Å². The van der Waals surface area contributed by atoms with Crippen molar-refractivity contribution >= 4 is 0 Å². The van der Waals surface area contributed by atoms with Gasteiger partial charge in [0.1, 0.15) is 0 Å². The van der Waals surface area contributed by atoms with Gasteiger partial charge in [-0.3, -0.25) is 0 Å². The van der Waals surface area contributed by atoms with Crippen molar-refractivity contribution in [1.82, 2.24) is 5.32 Å². The number of halogens is 1. The number of rotatable bonds is 6. The molecular weight excluding hydrogens is 217 g/mol. The lowest BCUT2D eigenvalue weighted by molar-refractivity contribution is 0.382. The average Bonchev–Trinajstić information content (AvgIpc) is 2.36. The molecule has 1 rings (SSSR count). The molecule has 1 aromatic carbocycles. The standard InChI is InChI=1S/C14H18FNO/c1-4-7-12(5-2)16-10-11-8-6-9-13(17-3)14(11)15/h1,6,8-9,12,16H,5,7,10H2,2-3H3. The molecule has 92 valence electrons. The molecule has 0 spiro atoms. The van der Waals surface area contributed by atoms with Crippen molar-refractivity contribution in [2.75, 3.05) is 7.11 Å². The third-order valence-electron chi connectivity index (χ3n) is 2.70. The van der Waals surface area contributed by atoms with Crippen molar-refractivity contribution in [2.24, 2.45) is 0 Å². The molecule has 0 aliphatic carbocycles. The van der Waals surface area contributed by atoms with E-state index in [1.165, 1.54) is 7.11 Å². The summed E-state index contributed by atoms with van der Waals surface area (Å²) in [6.07, 6.45) is 6.85. The summed E-state index contributed by atoms with van der Waals surface area (Å²) in [6.45, 7) is 2.51. The molecule has 0 bridgehead atoms. The highest BCUT2D eigenvalue weighted by molar-refractivity contribution is 5.30. The molecule has 0 amide bonds. The zero-order chi connectivity index (χ0) is 12.7. The minimum atomic E-state index is -0.307. The molecule has 1 atom stereocenters. The van der Waals surface area contributed by atoms with E-state index in [9.17, 15) is 4.39 Å². The van der Waals surface area contributed by atoms with Gasteiger partial charge in [-0.15, -0.1) is 12.3 Å². The summed E-state index contributed by atoms with van der Waals surface area (Å²) >= 11 is 0. The summed E-state index contributed by atoms with van der Waals surface area (Å²) in [5, 5.41) is 3.24. The number of terminal acetylenes is 1. The minimum absolute atomic E-state index is 0.227. The number of hydrogen-bond donors (Lipinski definition) is 1. The molecule has 3 heteroatoms. The normalized spacial score (nSPS) is 11.9. The summed E-state index contributed by atoms with van der Waals surface area (Å²) in [6, 6.07) is 5.36. The van der Waals surface area contributed by atoms with Crippen molar-refractivity contribution in [1.29, 1.82) is 0 Å². The highest BCUT2D eigenvalue weighted by atomic mass is 19.1. The Labute approximate surface area is 102 Å². The van der Waals surface area contributed by atoms with Crippen molar-refractivity contribution in [3.63, 3.8) is 0 Å². The maximum atomic E-state index is 13.8. The van der Waals surface area contributed by atoms with Gasteiger partial charge in [0.2, 0.25) is 0 Å². The number of hydrogen-bond acceptors (Lipinski definition) is 2. The third kappa shape index (κ3) is 3.76. The SMILES string of the molecule is C#CCC(CC)NCc1cccc(OC)c1F. The highest BCUT2D eigenvalue weighted by Crippen LogP contribution is 2.19. The van der Waals surface area contributed by atoms with E-state index >= 15 is 0 Å². The Hall–Kier alpha value is -1.53. The van der Waals surface area contributed by atoms with Crippen molar-refractivity contribution in [2.45, 2.75) is 32.4 Å². The second-order valence-corrected chi connectivity index (χ2v) is 3.83. The van der Waals surface area contributed by atoms with E-state index in [0.29, 0.717) is 18.5 Å². The molecule has 0 saturated carbocycles. The van der Waals surface area contributed by atoms with Gasteiger partial charge in [-0.05, 0) is 12.5 Å². The molecule has 0 fully saturated rings. The predicted octanol–water partition coefficient (Wildman–Crippen LogP) is 2.73. The molecule has 17 heavy (non-hydrogen) atoms. The Morgan fingerprint density at radius 2 is 2.29 bits per heavy atom. The fourth-order valence-corrected chi connectivity index (χ4v) is 1.61. The Kier molecular flexibility index (Phi) is 5.51. The topological polar surface area (TPSA) is 21.3 Å². The van der Waals surface area contributed by atoms with Crippen LogP contribution in [0.3, 0.4) is 0 Å². The molecule has 2 nitrogen and oxygen atoms in total. The van der Waals surface area contributed by atoms with Gasteiger partial charge in [0.05, 0.1) is 7.11 Å². The first-order valence-electron chi connectivity index (χ1n) is 5.71. The maximum absolute atomic E-state index is 13.8. The summed E-state index contributed by atoms with van der Waals surface area (Å²) < 4.78 is 18.7. The van der Waals surface area contributed by atoms with Crippen molar-refractivity contribution < 1.29 is 9.13 Å². The van der Waals surface area contributed by atoms with Crippen molar-refractivity contribution in [3.8, 4) is 18.1 Å². The second-order valence-electron chi connectivity index (χ2n) is 3.83. The first kappa shape index (κ1) is 13.5. The van der Waals surface area contributed by atoms with Crippen LogP contribution in [0.4, 0.5) is 4.39 Å². The lowest BCUT2D eigenvalue weighted by Gasteiger charge is -2.15. The van der Waals surface area contributed by atoms with E-state index in [2.05, 4.69) is 18.2 Å². The van der Waals surface area contributed by atoms with Gasteiger partial charge in [-0.1, -0.05) is 19.1 Å². The van der Waals surface area contributed by atoms with Gasteiger partial charge in [0.15, 0.2) is 11.6 Å². The molecule has 0 radical (unpaired) electrons. The van der Waals surface area contributed by atoms with Crippen LogP contribution >= 0.6 is 0 Å². The fourth-order valence-electron chi connectivity index (χ4n) is 1.61. The summed E-state index contributed by atoms with van der Waals surface area (Å²) in [4.78, 5) is 0. The molecule has 0 aromatic heterocycles. The van der Waals surface area contributed by atoms with Gasteiger partial charge >= 0.3 is 0 Å². The van der Waals surface area contributed by atoms with E-state index in [4.69, 9.17) is 11.2 Å². The lowest BCUT2D eigenvalue weighted by atomic mass is 10.1. The van der Waals surface area contributed by atoms with Crippen LogP contribution in [0.1, 0.15) is 25.3 Å². The van der Waals surface area contributed by atoms with Gasteiger partial charge in [-0.25, -0.2) is 4.39 Å². The van der Waals surface area contributed by atoms with Crippen LogP contribution in [0.2, 0.25) is 0 Å². The Bertz CT molecular complexity index is 398. The van der Waals surface area contributed by atoms with E-state index < -0.39 is 0 Å². The number of nitrogens with one attached hydrogen (secondary N) is 1. The number of ether oxygens (including phenoxy) is 1. The van der Waals surface area contributed by atoms with Gasteiger partial charge in [-0.2, -0.15) is 0 Å². The Morgan fingerprint density at radius 3 is 2.88 bits per heavy atom. The average molecular weight is 235 g/mol. The quantitative estimate of drug-likeness (QED) is 0.765. The summed E-state index contributed by atoms with van der Waals surface area (Å²) in [5.41, 5.74) is 0.597. The summed E-state index contributed by atoms with van der Waals surface area (Å²) in [7, 11) is 1.46. The predicted molar refractivity (Wildman–Crippen MR) is 67.3 cm³/mol. The largest absolute Gasteiger partial charge is 0.494 e. The van der Waals surface area contributed by atoms with Crippen LogP contribution < -0.4 is 10.1 Å². The fraction of sp³-hybridized carbons (Fsp3) is 0.429. The first-order valence-corrected chi connectivity index (χ1v) is 5.71. The molecule has 1 aromatic rings.